The Morgan fingerprint density at radius 1 is 0.857 bits per heavy atom. The first-order chi connectivity index (χ1) is 10.4. The molecule has 0 aromatic heterocycles. The van der Waals surface area contributed by atoms with Gasteiger partial charge in [0.2, 0.25) is 0 Å². The Morgan fingerprint density at radius 3 is 2.57 bits per heavy atom. The van der Waals surface area contributed by atoms with Crippen molar-refractivity contribution in [2.45, 2.75) is 9.79 Å². The van der Waals surface area contributed by atoms with Crippen LogP contribution in [0.4, 0.5) is 5.69 Å². The molecule has 3 heteroatoms. The summed E-state index contributed by atoms with van der Waals surface area (Å²) in [6, 6.07) is 15.3. The summed E-state index contributed by atoms with van der Waals surface area (Å²) in [4.78, 5) is 5.19. The van der Waals surface area contributed by atoms with E-state index in [1.165, 1.54) is 26.6 Å². The highest BCUT2D eigenvalue weighted by atomic mass is 32.2. The first-order valence-corrected chi connectivity index (χ1v) is 8.27. The molecule has 1 N–H and O–H groups in total. The average molecular weight is 294 g/mol. The molecule has 2 aliphatic rings. The van der Waals surface area contributed by atoms with Crippen molar-refractivity contribution in [3.05, 3.63) is 53.6 Å². The third-order valence-corrected chi connectivity index (χ3v) is 5.24. The lowest BCUT2D eigenvalue weighted by Gasteiger charge is -2.31. The highest BCUT2D eigenvalue weighted by Gasteiger charge is 2.17. The van der Waals surface area contributed by atoms with E-state index in [0.29, 0.717) is 0 Å². The second kappa shape index (κ2) is 5.58. The summed E-state index contributed by atoms with van der Waals surface area (Å²) < 4.78 is 0. The predicted molar refractivity (Wildman–Crippen MR) is 91.0 cm³/mol. The van der Waals surface area contributed by atoms with Crippen LogP contribution in [-0.2, 0) is 0 Å². The number of nitrogens with one attached hydrogen (secondary N) is 1. The van der Waals surface area contributed by atoms with E-state index in [0.717, 1.165) is 26.2 Å². The Bertz CT molecular complexity index is 687. The third kappa shape index (κ3) is 2.47. The highest BCUT2D eigenvalue weighted by Crippen LogP contribution is 2.40. The van der Waals surface area contributed by atoms with Gasteiger partial charge in [-0.3, -0.25) is 0 Å². The van der Waals surface area contributed by atoms with Crippen LogP contribution in [0.25, 0.3) is 12.2 Å². The Balaban J connectivity index is 1.78. The number of piperazine rings is 1. The summed E-state index contributed by atoms with van der Waals surface area (Å²) in [5, 5.41) is 3.43. The number of hydrogen-bond acceptors (Lipinski definition) is 3. The molecule has 2 aromatic rings. The number of nitrogens with zero attached hydrogens (tertiary/aromatic N) is 1. The van der Waals surface area contributed by atoms with Crippen molar-refractivity contribution in [1.82, 2.24) is 5.32 Å². The van der Waals surface area contributed by atoms with Gasteiger partial charge in [0.1, 0.15) is 0 Å². The Kier molecular flexibility index (Phi) is 3.45. The molecule has 2 heterocycles. The number of hydrogen-bond donors (Lipinski definition) is 1. The topological polar surface area (TPSA) is 15.3 Å². The lowest BCUT2D eigenvalue weighted by molar-refractivity contribution is 0.588. The van der Waals surface area contributed by atoms with Gasteiger partial charge < -0.3 is 10.2 Å². The van der Waals surface area contributed by atoms with Gasteiger partial charge in [-0.2, -0.15) is 0 Å². The zero-order valence-corrected chi connectivity index (χ0v) is 12.7. The van der Waals surface area contributed by atoms with E-state index < -0.39 is 0 Å². The van der Waals surface area contributed by atoms with Crippen LogP contribution in [0, 0.1) is 0 Å². The van der Waals surface area contributed by atoms with Gasteiger partial charge >= 0.3 is 0 Å². The summed E-state index contributed by atoms with van der Waals surface area (Å²) >= 11 is 1.88. The van der Waals surface area contributed by atoms with Crippen LogP contribution in [-0.4, -0.2) is 26.2 Å². The van der Waals surface area contributed by atoms with Gasteiger partial charge in [0.25, 0.3) is 0 Å². The number of fused-ring (bicyclic) bond motifs is 2. The quantitative estimate of drug-likeness (QED) is 0.736. The fourth-order valence-electron chi connectivity index (χ4n) is 2.97. The molecule has 0 atom stereocenters. The van der Waals surface area contributed by atoms with E-state index in [1.54, 1.807) is 0 Å². The van der Waals surface area contributed by atoms with Crippen molar-refractivity contribution in [3.8, 4) is 0 Å². The Labute approximate surface area is 129 Å². The van der Waals surface area contributed by atoms with E-state index >= 15 is 0 Å². The molecule has 0 amide bonds. The lowest BCUT2D eigenvalue weighted by atomic mass is 10.1. The monoisotopic (exact) mass is 294 g/mol. The molecule has 106 valence electrons. The van der Waals surface area contributed by atoms with Gasteiger partial charge in [0.15, 0.2) is 0 Å². The smallest absolute Gasteiger partial charge is 0.0452 e. The summed E-state index contributed by atoms with van der Waals surface area (Å²) in [6.07, 6.45) is 4.53. The number of benzene rings is 2. The second-order valence-corrected chi connectivity index (χ2v) is 6.48. The van der Waals surface area contributed by atoms with Crippen molar-refractivity contribution in [2.24, 2.45) is 0 Å². The molecule has 1 saturated heterocycles. The maximum Gasteiger partial charge on any atom is 0.0452 e. The minimum absolute atomic E-state index is 1.07. The summed E-state index contributed by atoms with van der Waals surface area (Å²) in [7, 11) is 0. The fraction of sp³-hybridized carbons (Fsp3) is 0.222. The van der Waals surface area contributed by atoms with Crippen LogP contribution in [0.1, 0.15) is 11.1 Å². The molecule has 0 aliphatic carbocycles. The van der Waals surface area contributed by atoms with Crippen LogP contribution < -0.4 is 10.2 Å². The van der Waals surface area contributed by atoms with Crippen LogP contribution in [0.15, 0.2) is 52.3 Å². The van der Waals surface area contributed by atoms with Crippen molar-refractivity contribution < 1.29 is 0 Å². The van der Waals surface area contributed by atoms with Gasteiger partial charge in [-0.25, -0.2) is 0 Å². The van der Waals surface area contributed by atoms with E-state index in [4.69, 9.17) is 0 Å². The SMILES string of the molecule is C1=Cc2c(cccc2N2CCNCC2)Sc2ccccc21. The maximum absolute atomic E-state index is 3.43. The first-order valence-electron chi connectivity index (χ1n) is 7.45. The first kappa shape index (κ1) is 13.0. The molecule has 0 bridgehead atoms. The van der Waals surface area contributed by atoms with Crippen molar-refractivity contribution in [1.29, 1.82) is 0 Å². The van der Waals surface area contributed by atoms with E-state index in [1.807, 2.05) is 11.8 Å². The van der Waals surface area contributed by atoms with E-state index in [-0.39, 0.29) is 0 Å². The van der Waals surface area contributed by atoms with Crippen LogP contribution in [0.3, 0.4) is 0 Å². The van der Waals surface area contributed by atoms with Gasteiger partial charge in [-0.1, -0.05) is 48.2 Å². The largest absolute Gasteiger partial charge is 0.368 e. The Morgan fingerprint density at radius 2 is 1.67 bits per heavy atom. The highest BCUT2D eigenvalue weighted by molar-refractivity contribution is 7.99. The molecule has 21 heavy (non-hydrogen) atoms. The molecule has 4 rings (SSSR count). The van der Waals surface area contributed by atoms with Crippen LogP contribution >= 0.6 is 11.8 Å². The lowest BCUT2D eigenvalue weighted by Crippen LogP contribution is -2.43. The minimum Gasteiger partial charge on any atom is -0.368 e. The summed E-state index contributed by atoms with van der Waals surface area (Å²) in [5.74, 6) is 0. The minimum atomic E-state index is 1.07. The van der Waals surface area contributed by atoms with Crippen LogP contribution in [0.5, 0.6) is 0 Å². The molecular formula is C18H18N2S. The van der Waals surface area contributed by atoms with Crippen molar-refractivity contribution in [3.63, 3.8) is 0 Å². The molecule has 0 spiro atoms. The molecule has 2 aromatic carbocycles. The molecular weight excluding hydrogens is 276 g/mol. The number of rotatable bonds is 1. The van der Waals surface area contributed by atoms with Gasteiger partial charge in [0, 0.05) is 47.2 Å². The molecule has 2 aliphatic heterocycles. The van der Waals surface area contributed by atoms with Gasteiger partial charge in [0.05, 0.1) is 0 Å². The molecule has 0 saturated carbocycles. The Hall–Kier alpha value is -1.71. The van der Waals surface area contributed by atoms with Crippen molar-refractivity contribution >= 4 is 29.6 Å². The van der Waals surface area contributed by atoms with E-state index in [9.17, 15) is 0 Å². The average Bonchev–Trinajstić information content (AvgIpc) is 2.74. The molecule has 0 radical (unpaired) electrons. The molecule has 1 fully saturated rings. The summed E-state index contributed by atoms with van der Waals surface area (Å²) in [6.45, 7) is 4.31. The maximum atomic E-state index is 3.43. The molecule has 0 unspecified atom stereocenters. The molecule has 2 nitrogen and oxygen atoms in total. The predicted octanol–water partition coefficient (Wildman–Crippen LogP) is 3.73. The third-order valence-electron chi connectivity index (χ3n) is 4.07. The zero-order valence-electron chi connectivity index (χ0n) is 11.9. The summed E-state index contributed by atoms with van der Waals surface area (Å²) in [5.41, 5.74) is 4.04. The van der Waals surface area contributed by atoms with Crippen LogP contribution in [0.2, 0.25) is 0 Å². The normalized spacial score (nSPS) is 17.0. The van der Waals surface area contributed by atoms with Crippen molar-refractivity contribution in [2.75, 3.05) is 31.1 Å². The second-order valence-electron chi connectivity index (χ2n) is 5.40. The number of anilines is 1. The van der Waals surface area contributed by atoms with Gasteiger partial charge in [-0.05, 0) is 23.8 Å². The fourth-order valence-corrected chi connectivity index (χ4v) is 4.04. The van der Waals surface area contributed by atoms with Gasteiger partial charge in [-0.15, -0.1) is 0 Å². The standard InChI is InChI=1S/C18H18N2S/c1-2-6-17-14(4-1)8-9-15-16(5-3-7-18(15)21-17)20-12-10-19-11-13-20/h1-9,19H,10-13H2. The zero-order chi connectivity index (χ0) is 14.1. The van der Waals surface area contributed by atoms with E-state index in [2.05, 4.69) is 64.8 Å².